The van der Waals surface area contributed by atoms with Crippen LogP contribution in [-0.2, 0) is 20.1 Å². The van der Waals surface area contributed by atoms with Gasteiger partial charge in [-0.3, -0.25) is 0 Å². The van der Waals surface area contributed by atoms with E-state index in [4.69, 9.17) is 8.83 Å². The van der Waals surface area contributed by atoms with Crippen molar-refractivity contribution in [2.24, 2.45) is 0 Å². The second-order valence-electron chi connectivity index (χ2n) is 7.91. The molecule has 0 fully saturated rings. The van der Waals surface area contributed by atoms with Crippen molar-refractivity contribution in [2.45, 2.75) is 0 Å². The van der Waals surface area contributed by atoms with Gasteiger partial charge in [0.2, 0.25) is 0 Å². The van der Waals surface area contributed by atoms with Crippen LogP contribution >= 0.6 is 0 Å². The molecular formula is C29H16IrNO2-. The molecule has 0 N–H and O–H groups in total. The van der Waals surface area contributed by atoms with E-state index in [-0.39, 0.29) is 20.1 Å². The van der Waals surface area contributed by atoms with Gasteiger partial charge in [-0.2, -0.15) is 0 Å². The van der Waals surface area contributed by atoms with Gasteiger partial charge in [0, 0.05) is 47.8 Å². The van der Waals surface area contributed by atoms with Gasteiger partial charge in [0.15, 0.2) is 11.2 Å². The van der Waals surface area contributed by atoms with Crippen molar-refractivity contribution in [3.63, 3.8) is 0 Å². The standard InChI is InChI=1S/C29H16NO2.Ir/c1-2-8-18(9-3-1)24-16-19(14-15-30-24)22-17-23-20-10-4-6-12-25(20)31-28(23)29-27(22)21-11-5-7-13-26(21)32-29;/h1-8,10-17H;/q-1;. The number of hydrogen-bond acceptors (Lipinski definition) is 3. The van der Waals surface area contributed by atoms with Crippen LogP contribution in [0.2, 0.25) is 0 Å². The summed E-state index contributed by atoms with van der Waals surface area (Å²) < 4.78 is 12.6. The number of rotatable bonds is 2. The van der Waals surface area contributed by atoms with Crippen LogP contribution in [0.5, 0.6) is 0 Å². The van der Waals surface area contributed by atoms with Crippen LogP contribution in [0.1, 0.15) is 0 Å². The molecule has 33 heavy (non-hydrogen) atoms. The van der Waals surface area contributed by atoms with Gasteiger partial charge in [0.25, 0.3) is 0 Å². The van der Waals surface area contributed by atoms with Crippen molar-refractivity contribution in [1.82, 2.24) is 4.98 Å². The fraction of sp³-hybridized carbons (Fsp3) is 0. The average Bonchev–Trinajstić information content (AvgIpc) is 3.43. The summed E-state index contributed by atoms with van der Waals surface area (Å²) >= 11 is 0. The van der Waals surface area contributed by atoms with Crippen molar-refractivity contribution < 1.29 is 28.9 Å². The molecular weight excluding hydrogens is 587 g/mol. The van der Waals surface area contributed by atoms with Gasteiger partial charge in [-0.1, -0.05) is 42.5 Å². The Labute approximate surface area is 203 Å². The molecule has 7 rings (SSSR count). The molecule has 1 radical (unpaired) electrons. The number of para-hydroxylation sites is 2. The summed E-state index contributed by atoms with van der Waals surface area (Å²) in [5.41, 5.74) is 7.31. The van der Waals surface area contributed by atoms with Gasteiger partial charge < -0.3 is 13.8 Å². The maximum Gasteiger partial charge on any atom is 0.179 e. The van der Waals surface area contributed by atoms with Crippen LogP contribution in [0.25, 0.3) is 66.3 Å². The number of hydrogen-bond donors (Lipinski definition) is 0. The first-order chi connectivity index (χ1) is 15.9. The van der Waals surface area contributed by atoms with Crippen molar-refractivity contribution in [2.75, 3.05) is 0 Å². The summed E-state index contributed by atoms with van der Waals surface area (Å²) in [4.78, 5) is 4.59. The van der Waals surface area contributed by atoms with Gasteiger partial charge >= 0.3 is 0 Å². The predicted octanol–water partition coefficient (Wildman–Crippen LogP) is 8.01. The molecule has 0 aliphatic carbocycles. The summed E-state index contributed by atoms with van der Waals surface area (Å²) in [7, 11) is 0. The molecule has 0 bridgehead atoms. The van der Waals surface area contributed by atoms with Gasteiger partial charge in [-0.15, -0.1) is 35.9 Å². The van der Waals surface area contributed by atoms with E-state index in [2.05, 4.69) is 41.4 Å². The molecule has 0 aliphatic heterocycles. The zero-order valence-corrected chi connectivity index (χ0v) is 19.7. The van der Waals surface area contributed by atoms with E-state index in [9.17, 15) is 0 Å². The molecule has 0 saturated heterocycles. The Kier molecular flexibility index (Phi) is 4.65. The number of pyridine rings is 1. The molecule has 3 aromatic heterocycles. The summed E-state index contributed by atoms with van der Waals surface area (Å²) in [5.74, 6) is 0. The molecule has 0 aliphatic rings. The van der Waals surface area contributed by atoms with Crippen LogP contribution < -0.4 is 0 Å². The van der Waals surface area contributed by atoms with Crippen molar-refractivity contribution >= 4 is 43.9 Å². The number of fused-ring (bicyclic) bond motifs is 7. The quantitative estimate of drug-likeness (QED) is 0.188. The second-order valence-corrected chi connectivity index (χ2v) is 7.91. The first-order valence-electron chi connectivity index (χ1n) is 10.6. The normalized spacial score (nSPS) is 11.4. The maximum atomic E-state index is 6.36. The fourth-order valence-corrected chi connectivity index (χ4v) is 4.59. The Morgan fingerprint density at radius 1 is 0.667 bits per heavy atom. The second kappa shape index (κ2) is 7.70. The Bertz CT molecular complexity index is 1780. The number of aromatic nitrogens is 1. The molecule has 0 saturated carbocycles. The first-order valence-corrected chi connectivity index (χ1v) is 10.6. The summed E-state index contributed by atoms with van der Waals surface area (Å²) in [5, 5.41) is 4.26. The Hall–Kier alpha value is -3.72. The summed E-state index contributed by atoms with van der Waals surface area (Å²) in [6.07, 6.45) is 1.86. The minimum absolute atomic E-state index is 0. The molecule has 4 aromatic carbocycles. The summed E-state index contributed by atoms with van der Waals surface area (Å²) in [6, 6.07) is 33.9. The number of nitrogens with zero attached hydrogens (tertiary/aromatic N) is 1. The molecule has 3 heterocycles. The average molecular weight is 603 g/mol. The van der Waals surface area contributed by atoms with E-state index in [1.165, 1.54) is 0 Å². The number of furan rings is 2. The largest absolute Gasteiger partial charge is 0.452 e. The molecule has 0 amide bonds. The van der Waals surface area contributed by atoms with Crippen LogP contribution in [-0.4, -0.2) is 4.98 Å². The molecule has 159 valence electrons. The first kappa shape index (κ1) is 19.9. The molecule has 0 spiro atoms. The van der Waals surface area contributed by atoms with Gasteiger partial charge in [-0.25, -0.2) is 0 Å². The van der Waals surface area contributed by atoms with E-state index in [0.29, 0.717) is 0 Å². The monoisotopic (exact) mass is 603 g/mol. The predicted molar refractivity (Wildman–Crippen MR) is 129 cm³/mol. The van der Waals surface area contributed by atoms with Gasteiger partial charge in [-0.05, 0) is 41.1 Å². The third-order valence-electron chi connectivity index (χ3n) is 6.05. The van der Waals surface area contributed by atoms with E-state index in [1.807, 2.05) is 66.9 Å². The van der Waals surface area contributed by atoms with Crippen LogP contribution in [0.15, 0.2) is 106 Å². The Morgan fingerprint density at radius 2 is 1.39 bits per heavy atom. The van der Waals surface area contributed by atoms with Gasteiger partial charge in [0.1, 0.15) is 11.2 Å². The molecule has 7 aromatic rings. The van der Waals surface area contributed by atoms with E-state index in [0.717, 1.165) is 66.3 Å². The molecule has 0 atom stereocenters. The minimum atomic E-state index is 0. The van der Waals surface area contributed by atoms with E-state index >= 15 is 0 Å². The van der Waals surface area contributed by atoms with Crippen molar-refractivity contribution in [1.29, 1.82) is 0 Å². The molecule has 0 unspecified atom stereocenters. The van der Waals surface area contributed by atoms with Crippen molar-refractivity contribution in [3.05, 3.63) is 103 Å². The maximum absolute atomic E-state index is 6.36. The smallest absolute Gasteiger partial charge is 0.179 e. The van der Waals surface area contributed by atoms with Gasteiger partial charge in [0.05, 0.1) is 0 Å². The van der Waals surface area contributed by atoms with Crippen LogP contribution in [0, 0.1) is 6.07 Å². The topological polar surface area (TPSA) is 39.2 Å². The Morgan fingerprint density at radius 3 is 2.21 bits per heavy atom. The van der Waals surface area contributed by atoms with Crippen molar-refractivity contribution in [3.8, 4) is 22.4 Å². The third-order valence-corrected chi connectivity index (χ3v) is 6.05. The number of benzene rings is 4. The Balaban J connectivity index is 0.00000206. The third kappa shape index (κ3) is 3.03. The summed E-state index contributed by atoms with van der Waals surface area (Å²) in [6.45, 7) is 0. The zero-order valence-electron chi connectivity index (χ0n) is 17.3. The van der Waals surface area contributed by atoms with E-state index < -0.39 is 0 Å². The minimum Gasteiger partial charge on any atom is -0.452 e. The fourth-order valence-electron chi connectivity index (χ4n) is 4.59. The molecule has 4 heteroatoms. The van der Waals surface area contributed by atoms with Crippen LogP contribution in [0.4, 0.5) is 0 Å². The van der Waals surface area contributed by atoms with Crippen LogP contribution in [0.3, 0.4) is 0 Å². The molecule has 3 nitrogen and oxygen atoms in total. The van der Waals surface area contributed by atoms with E-state index in [1.54, 1.807) is 0 Å². The SMILES string of the molecule is [Ir].[c-]1ccccc1-c1cc(-c2cc3c4ccccc4oc3c3oc4ccccc4c23)ccn1. The zero-order chi connectivity index (χ0) is 21.1.